The summed E-state index contributed by atoms with van der Waals surface area (Å²) in [7, 11) is -2.60. The maximum Gasteiger partial charge on any atom is 0.246 e. The normalized spacial score (nSPS) is 12.9. The summed E-state index contributed by atoms with van der Waals surface area (Å²) in [6.07, 6.45) is 0. The van der Waals surface area contributed by atoms with E-state index in [1.165, 1.54) is 30.7 Å². The summed E-state index contributed by atoms with van der Waals surface area (Å²) in [6, 6.07) is 5.53. The van der Waals surface area contributed by atoms with Crippen molar-refractivity contribution in [3.63, 3.8) is 0 Å². The minimum atomic E-state index is -4.26. The third kappa shape index (κ3) is 3.90. The largest absolute Gasteiger partial charge is 0.310 e. The van der Waals surface area contributed by atoms with Gasteiger partial charge in [0.15, 0.2) is 9.84 Å². The van der Waals surface area contributed by atoms with E-state index >= 15 is 0 Å². The van der Waals surface area contributed by atoms with Crippen LogP contribution in [0, 0.1) is 12.7 Å². The molecule has 0 radical (unpaired) electrons. The van der Waals surface area contributed by atoms with Gasteiger partial charge in [-0.3, -0.25) is 9.48 Å². The lowest BCUT2D eigenvalue weighted by molar-refractivity contribution is -0.117. The highest BCUT2D eigenvalue weighted by molar-refractivity contribution is 7.93. The van der Waals surface area contributed by atoms with Crippen molar-refractivity contribution in [2.75, 3.05) is 5.32 Å². The van der Waals surface area contributed by atoms with Gasteiger partial charge in [0.05, 0.1) is 5.69 Å². The number of carbonyl (C=O) groups is 1. The number of sulfone groups is 1. The van der Waals surface area contributed by atoms with Crippen molar-refractivity contribution >= 4 is 21.6 Å². The predicted molar refractivity (Wildman–Crippen MR) is 103 cm³/mol. The summed E-state index contributed by atoms with van der Waals surface area (Å²) >= 11 is 0. The lowest BCUT2D eigenvalue weighted by Gasteiger charge is -2.24. The fraction of sp³-hybridized carbons (Fsp3) is 0.474. The van der Waals surface area contributed by atoms with Crippen LogP contribution in [0.5, 0.6) is 0 Å². The van der Waals surface area contributed by atoms with Gasteiger partial charge in [-0.05, 0) is 38.5 Å². The zero-order valence-electron chi connectivity index (χ0n) is 16.7. The molecular formula is C19H26FN3O3S. The molecule has 1 aromatic heterocycles. The first-order chi connectivity index (χ1) is 12.2. The van der Waals surface area contributed by atoms with Crippen LogP contribution in [0.15, 0.2) is 29.2 Å². The number of anilines is 1. The van der Waals surface area contributed by atoms with Gasteiger partial charge >= 0.3 is 0 Å². The molecule has 1 aromatic carbocycles. The SMILES string of the molecule is Cc1ccc(S(=O)(=O)C(C)(C)C(=O)Nc2cc(C(C)(C)C)nn2C)c(F)c1. The van der Waals surface area contributed by atoms with E-state index in [1.54, 1.807) is 20.0 Å². The van der Waals surface area contributed by atoms with Gasteiger partial charge in [-0.25, -0.2) is 12.8 Å². The van der Waals surface area contributed by atoms with Gasteiger partial charge < -0.3 is 5.32 Å². The molecule has 1 amide bonds. The molecule has 0 bridgehead atoms. The zero-order valence-corrected chi connectivity index (χ0v) is 17.5. The van der Waals surface area contributed by atoms with Gasteiger partial charge in [-0.1, -0.05) is 26.8 Å². The number of benzene rings is 1. The van der Waals surface area contributed by atoms with Gasteiger partial charge in [-0.15, -0.1) is 0 Å². The minimum Gasteiger partial charge on any atom is -0.310 e. The molecular weight excluding hydrogens is 369 g/mol. The van der Waals surface area contributed by atoms with E-state index in [-0.39, 0.29) is 5.41 Å². The summed E-state index contributed by atoms with van der Waals surface area (Å²) in [4.78, 5) is 12.3. The van der Waals surface area contributed by atoms with Crippen LogP contribution in [0.4, 0.5) is 10.2 Å². The Hall–Kier alpha value is -2.22. The monoisotopic (exact) mass is 395 g/mol. The maximum absolute atomic E-state index is 14.2. The molecule has 1 N–H and O–H groups in total. The van der Waals surface area contributed by atoms with Crippen LogP contribution >= 0.6 is 0 Å². The number of nitrogens with zero attached hydrogens (tertiary/aromatic N) is 2. The number of hydrogen-bond acceptors (Lipinski definition) is 4. The van der Waals surface area contributed by atoms with Crippen molar-refractivity contribution in [1.82, 2.24) is 9.78 Å². The highest BCUT2D eigenvalue weighted by atomic mass is 32.2. The minimum absolute atomic E-state index is 0.229. The second-order valence-corrected chi connectivity index (χ2v) is 10.7. The van der Waals surface area contributed by atoms with E-state index < -0.39 is 31.2 Å². The topological polar surface area (TPSA) is 81.1 Å². The Balaban J connectivity index is 2.38. The van der Waals surface area contributed by atoms with Crippen molar-refractivity contribution in [2.45, 2.75) is 56.6 Å². The molecule has 2 rings (SSSR count). The van der Waals surface area contributed by atoms with Crippen molar-refractivity contribution in [3.8, 4) is 0 Å². The number of carbonyl (C=O) groups excluding carboxylic acids is 1. The molecule has 0 aliphatic carbocycles. The third-order valence-corrected chi connectivity index (χ3v) is 6.92. The second kappa shape index (κ2) is 6.74. The summed E-state index contributed by atoms with van der Waals surface area (Å²) in [5.41, 5.74) is 1.12. The highest BCUT2D eigenvalue weighted by Gasteiger charge is 2.44. The number of aromatic nitrogens is 2. The van der Waals surface area contributed by atoms with Crippen molar-refractivity contribution in [1.29, 1.82) is 0 Å². The number of nitrogens with one attached hydrogen (secondary N) is 1. The van der Waals surface area contributed by atoms with Crippen LogP contribution in [0.3, 0.4) is 0 Å². The molecule has 0 spiro atoms. The van der Waals surface area contributed by atoms with Crippen molar-refractivity contribution in [3.05, 3.63) is 41.3 Å². The molecule has 0 atom stereocenters. The molecule has 27 heavy (non-hydrogen) atoms. The molecule has 1 heterocycles. The van der Waals surface area contributed by atoms with E-state index in [0.29, 0.717) is 11.4 Å². The Morgan fingerprint density at radius 3 is 2.22 bits per heavy atom. The van der Waals surface area contributed by atoms with E-state index in [4.69, 9.17) is 0 Å². The first kappa shape index (κ1) is 21.1. The number of aryl methyl sites for hydroxylation is 2. The molecule has 0 aliphatic rings. The quantitative estimate of drug-likeness (QED) is 0.861. The standard InChI is InChI=1S/C19H26FN3O3S/c1-12-8-9-14(13(20)10-12)27(25,26)19(5,6)17(24)21-16-11-15(18(2,3)4)22-23(16)7/h8-11H,1-7H3,(H,21,24). The molecule has 2 aromatic rings. The fourth-order valence-corrected chi connectivity index (χ4v) is 3.85. The first-order valence-corrected chi connectivity index (χ1v) is 10.0. The van der Waals surface area contributed by atoms with Crippen LogP contribution in [-0.4, -0.2) is 28.9 Å². The number of halogens is 1. The number of rotatable bonds is 4. The number of amides is 1. The third-order valence-electron chi connectivity index (χ3n) is 4.49. The van der Waals surface area contributed by atoms with Crippen LogP contribution in [-0.2, 0) is 27.1 Å². The summed E-state index contributed by atoms with van der Waals surface area (Å²) in [6.45, 7) is 10.1. The Morgan fingerprint density at radius 1 is 1.15 bits per heavy atom. The molecule has 0 saturated heterocycles. The van der Waals surface area contributed by atoms with Gasteiger partial charge in [0.1, 0.15) is 21.3 Å². The second-order valence-electron chi connectivity index (χ2n) is 8.19. The smallest absolute Gasteiger partial charge is 0.246 e. The van der Waals surface area contributed by atoms with Gasteiger partial charge in [-0.2, -0.15) is 5.10 Å². The van der Waals surface area contributed by atoms with Crippen molar-refractivity contribution < 1.29 is 17.6 Å². The molecule has 8 heteroatoms. The molecule has 148 valence electrons. The molecule has 0 aliphatic heterocycles. The molecule has 0 unspecified atom stereocenters. The summed E-state index contributed by atoms with van der Waals surface area (Å²) in [5.74, 6) is -1.25. The average Bonchev–Trinajstić information content (AvgIpc) is 2.87. The van der Waals surface area contributed by atoms with Crippen LogP contribution < -0.4 is 5.32 Å². The van der Waals surface area contributed by atoms with E-state index in [2.05, 4.69) is 10.4 Å². The van der Waals surface area contributed by atoms with E-state index in [9.17, 15) is 17.6 Å². The lowest BCUT2D eigenvalue weighted by Crippen LogP contribution is -2.45. The Morgan fingerprint density at radius 2 is 1.74 bits per heavy atom. The van der Waals surface area contributed by atoms with Crippen LogP contribution in [0.1, 0.15) is 45.9 Å². The summed E-state index contributed by atoms with van der Waals surface area (Å²) < 4.78 is 39.7. The Kier molecular flexibility index (Phi) is 5.27. The Labute approximate surface area is 159 Å². The average molecular weight is 396 g/mol. The Bertz CT molecular complexity index is 986. The van der Waals surface area contributed by atoms with Gasteiger partial charge in [0.25, 0.3) is 0 Å². The van der Waals surface area contributed by atoms with Crippen molar-refractivity contribution in [2.24, 2.45) is 7.05 Å². The molecule has 0 saturated carbocycles. The molecule has 6 nitrogen and oxygen atoms in total. The number of hydrogen-bond donors (Lipinski definition) is 1. The van der Waals surface area contributed by atoms with Crippen LogP contribution in [0.25, 0.3) is 0 Å². The summed E-state index contributed by atoms with van der Waals surface area (Å²) in [5, 5.41) is 6.96. The van der Waals surface area contributed by atoms with Gasteiger partial charge in [0, 0.05) is 18.5 Å². The van der Waals surface area contributed by atoms with E-state index in [0.717, 1.165) is 11.8 Å². The van der Waals surface area contributed by atoms with Gasteiger partial charge in [0.2, 0.25) is 5.91 Å². The van der Waals surface area contributed by atoms with E-state index in [1.807, 2.05) is 20.8 Å². The predicted octanol–water partition coefficient (Wildman–Crippen LogP) is 3.36. The fourth-order valence-electron chi connectivity index (χ4n) is 2.44. The molecule has 0 fully saturated rings. The lowest BCUT2D eigenvalue weighted by atomic mass is 9.92. The highest BCUT2D eigenvalue weighted by Crippen LogP contribution is 2.30. The zero-order chi connectivity index (χ0) is 20.8. The van der Waals surface area contributed by atoms with Crippen LogP contribution in [0.2, 0.25) is 0 Å². The first-order valence-electron chi connectivity index (χ1n) is 8.54. The maximum atomic E-state index is 14.2.